The maximum atomic E-state index is 13.1. The standard InChI is InChI=1S/C10H20FNO/c1-8(13)10(11)7-9-3-5-12(2)6-4-9/h8-10,13H,3-7H2,1-2H3. The Balaban J connectivity index is 2.22. The molecule has 2 unspecified atom stereocenters. The van der Waals surface area contributed by atoms with Crippen molar-refractivity contribution < 1.29 is 9.50 Å². The number of halogens is 1. The Hall–Kier alpha value is -0.150. The number of likely N-dealkylation sites (tertiary alicyclic amines) is 1. The molecule has 2 nitrogen and oxygen atoms in total. The van der Waals surface area contributed by atoms with E-state index in [4.69, 9.17) is 5.11 Å². The van der Waals surface area contributed by atoms with Crippen molar-refractivity contribution in [1.29, 1.82) is 0 Å². The van der Waals surface area contributed by atoms with Crippen molar-refractivity contribution in [3.63, 3.8) is 0 Å². The average molecular weight is 189 g/mol. The number of hydrogen-bond acceptors (Lipinski definition) is 2. The largest absolute Gasteiger partial charge is 0.390 e. The minimum Gasteiger partial charge on any atom is -0.390 e. The molecule has 3 heteroatoms. The zero-order valence-electron chi connectivity index (χ0n) is 8.54. The van der Waals surface area contributed by atoms with Gasteiger partial charge in [-0.3, -0.25) is 0 Å². The van der Waals surface area contributed by atoms with Crippen molar-refractivity contribution in [2.24, 2.45) is 5.92 Å². The van der Waals surface area contributed by atoms with E-state index in [1.54, 1.807) is 0 Å². The van der Waals surface area contributed by atoms with Gasteiger partial charge in [0, 0.05) is 0 Å². The predicted octanol–water partition coefficient (Wildman–Crippen LogP) is 1.44. The smallest absolute Gasteiger partial charge is 0.126 e. The van der Waals surface area contributed by atoms with Crippen LogP contribution in [0.2, 0.25) is 0 Å². The van der Waals surface area contributed by atoms with Crippen LogP contribution in [0.5, 0.6) is 0 Å². The number of hydrogen-bond donors (Lipinski definition) is 1. The van der Waals surface area contributed by atoms with Crippen LogP contribution < -0.4 is 0 Å². The minimum absolute atomic E-state index is 0.473. The van der Waals surface area contributed by atoms with Gasteiger partial charge in [0.1, 0.15) is 6.17 Å². The Kier molecular flexibility index (Phi) is 4.13. The molecule has 0 radical (unpaired) electrons. The Morgan fingerprint density at radius 1 is 1.46 bits per heavy atom. The minimum atomic E-state index is -1.03. The molecule has 0 saturated carbocycles. The van der Waals surface area contributed by atoms with Crippen LogP contribution in [-0.2, 0) is 0 Å². The van der Waals surface area contributed by atoms with E-state index in [2.05, 4.69) is 11.9 Å². The van der Waals surface area contributed by atoms with Gasteiger partial charge in [0.15, 0.2) is 0 Å². The molecule has 1 saturated heterocycles. The summed E-state index contributed by atoms with van der Waals surface area (Å²) in [5, 5.41) is 9.02. The molecule has 0 aromatic rings. The lowest BCUT2D eigenvalue weighted by molar-refractivity contribution is 0.0665. The van der Waals surface area contributed by atoms with Crippen LogP contribution >= 0.6 is 0 Å². The highest BCUT2D eigenvalue weighted by molar-refractivity contribution is 4.74. The normalized spacial score (nSPS) is 25.8. The van der Waals surface area contributed by atoms with E-state index >= 15 is 0 Å². The van der Waals surface area contributed by atoms with Gasteiger partial charge in [-0.1, -0.05) is 0 Å². The van der Waals surface area contributed by atoms with Crippen LogP contribution in [0.25, 0.3) is 0 Å². The molecule has 2 atom stereocenters. The third-order valence-electron chi connectivity index (χ3n) is 2.92. The molecule has 0 aliphatic carbocycles. The molecule has 1 N–H and O–H groups in total. The summed E-state index contributed by atoms with van der Waals surface area (Å²) >= 11 is 0. The van der Waals surface area contributed by atoms with E-state index in [0.717, 1.165) is 25.9 Å². The fourth-order valence-corrected chi connectivity index (χ4v) is 1.81. The first-order chi connectivity index (χ1) is 6.09. The summed E-state index contributed by atoms with van der Waals surface area (Å²) in [5.41, 5.74) is 0. The van der Waals surface area contributed by atoms with E-state index in [9.17, 15) is 4.39 Å². The number of aliphatic hydroxyl groups excluding tert-OH is 1. The second kappa shape index (κ2) is 4.91. The first kappa shape index (κ1) is 10.9. The van der Waals surface area contributed by atoms with Gasteiger partial charge in [0.2, 0.25) is 0 Å². The van der Waals surface area contributed by atoms with Crippen LogP contribution in [-0.4, -0.2) is 42.4 Å². The molecule has 1 heterocycles. The van der Waals surface area contributed by atoms with Crippen molar-refractivity contribution in [1.82, 2.24) is 4.90 Å². The van der Waals surface area contributed by atoms with Crippen LogP contribution in [0.3, 0.4) is 0 Å². The second-order valence-corrected chi connectivity index (χ2v) is 4.24. The Bertz CT molecular complexity index is 144. The van der Waals surface area contributed by atoms with Crippen molar-refractivity contribution in [2.75, 3.05) is 20.1 Å². The van der Waals surface area contributed by atoms with Gasteiger partial charge < -0.3 is 10.0 Å². The second-order valence-electron chi connectivity index (χ2n) is 4.24. The molecule has 0 spiro atoms. The zero-order valence-corrected chi connectivity index (χ0v) is 8.54. The number of rotatable bonds is 3. The molecule has 13 heavy (non-hydrogen) atoms. The first-order valence-corrected chi connectivity index (χ1v) is 5.10. The third kappa shape index (κ3) is 3.61. The van der Waals surface area contributed by atoms with Gasteiger partial charge in [-0.25, -0.2) is 4.39 Å². The maximum Gasteiger partial charge on any atom is 0.126 e. The van der Waals surface area contributed by atoms with Gasteiger partial charge in [0.05, 0.1) is 6.10 Å². The summed E-state index contributed by atoms with van der Waals surface area (Å²) in [5.74, 6) is 0.473. The molecule has 0 bridgehead atoms. The SMILES string of the molecule is CC(O)C(F)CC1CCN(C)CC1. The molecule has 78 valence electrons. The predicted molar refractivity (Wildman–Crippen MR) is 51.4 cm³/mol. The third-order valence-corrected chi connectivity index (χ3v) is 2.92. The Morgan fingerprint density at radius 2 is 2.00 bits per heavy atom. The molecule has 1 fully saturated rings. The summed E-state index contributed by atoms with van der Waals surface area (Å²) in [7, 11) is 2.10. The first-order valence-electron chi connectivity index (χ1n) is 5.10. The maximum absolute atomic E-state index is 13.1. The quantitative estimate of drug-likeness (QED) is 0.726. The molecule has 0 amide bonds. The molecule has 0 aromatic heterocycles. The van der Waals surface area contributed by atoms with Crippen LogP contribution in [0.15, 0.2) is 0 Å². The lowest BCUT2D eigenvalue weighted by Crippen LogP contribution is -2.32. The van der Waals surface area contributed by atoms with Gasteiger partial charge in [0.25, 0.3) is 0 Å². The van der Waals surface area contributed by atoms with Gasteiger partial charge in [-0.05, 0) is 52.2 Å². The molecule has 1 aliphatic heterocycles. The van der Waals surface area contributed by atoms with E-state index in [1.165, 1.54) is 6.92 Å². The van der Waals surface area contributed by atoms with Crippen LogP contribution in [0.1, 0.15) is 26.2 Å². The molecule has 0 aromatic carbocycles. The summed E-state index contributed by atoms with van der Waals surface area (Å²) in [6.07, 6.45) is 0.840. The Morgan fingerprint density at radius 3 is 2.46 bits per heavy atom. The molecular weight excluding hydrogens is 169 g/mol. The Labute approximate surface area is 79.7 Å². The van der Waals surface area contributed by atoms with E-state index < -0.39 is 12.3 Å². The fraction of sp³-hybridized carbons (Fsp3) is 1.00. The van der Waals surface area contributed by atoms with Crippen molar-refractivity contribution in [3.05, 3.63) is 0 Å². The summed E-state index contributed by atoms with van der Waals surface area (Å²) in [4.78, 5) is 2.27. The summed E-state index contributed by atoms with van der Waals surface area (Å²) in [6.45, 7) is 3.66. The topological polar surface area (TPSA) is 23.5 Å². The van der Waals surface area contributed by atoms with Gasteiger partial charge in [-0.15, -0.1) is 0 Å². The van der Waals surface area contributed by atoms with E-state index in [0.29, 0.717) is 12.3 Å². The number of alkyl halides is 1. The van der Waals surface area contributed by atoms with E-state index in [-0.39, 0.29) is 0 Å². The summed E-state index contributed by atoms with van der Waals surface area (Å²) in [6, 6.07) is 0. The number of piperidine rings is 1. The number of aliphatic hydroxyl groups is 1. The lowest BCUT2D eigenvalue weighted by atomic mass is 9.90. The summed E-state index contributed by atoms with van der Waals surface area (Å²) < 4.78 is 13.1. The average Bonchev–Trinajstić information content (AvgIpc) is 2.08. The van der Waals surface area contributed by atoms with Crippen LogP contribution in [0.4, 0.5) is 4.39 Å². The molecule has 1 rings (SSSR count). The van der Waals surface area contributed by atoms with Crippen LogP contribution in [0, 0.1) is 5.92 Å². The lowest BCUT2D eigenvalue weighted by Gasteiger charge is -2.30. The van der Waals surface area contributed by atoms with Crippen molar-refractivity contribution in [3.8, 4) is 0 Å². The fourth-order valence-electron chi connectivity index (χ4n) is 1.81. The highest BCUT2D eigenvalue weighted by Crippen LogP contribution is 2.23. The monoisotopic (exact) mass is 189 g/mol. The van der Waals surface area contributed by atoms with Gasteiger partial charge >= 0.3 is 0 Å². The van der Waals surface area contributed by atoms with Crippen molar-refractivity contribution >= 4 is 0 Å². The zero-order chi connectivity index (χ0) is 9.84. The van der Waals surface area contributed by atoms with E-state index in [1.807, 2.05) is 0 Å². The number of nitrogens with zero attached hydrogens (tertiary/aromatic N) is 1. The van der Waals surface area contributed by atoms with Crippen molar-refractivity contribution in [2.45, 2.75) is 38.5 Å². The highest BCUT2D eigenvalue weighted by Gasteiger charge is 2.22. The molecular formula is C10H20FNO. The van der Waals surface area contributed by atoms with Gasteiger partial charge in [-0.2, -0.15) is 0 Å². The highest BCUT2D eigenvalue weighted by atomic mass is 19.1. The molecule has 1 aliphatic rings.